The van der Waals surface area contributed by atoms with E-state index in [2.05, 4.69) is 44.3 Å². The smallest absolute Gasteiger partial charge is 0.376 e. The molecule has 5 aromatic rings. The van der Waals surface area contributed by atoms with Crippen LogP contribution in [0.5, 0.6) is 0 Å². The van der Waals surface area contributed by atoms with Gasteiger partial charge in [-0.3, -0.25) is 4.98 Å². The first kappa shape index (κ1) is 26.9. The zero-order chi connectivity index (χ0) is 24.6. The number of hydrogen-bond acceptors (Lipinski definition) is 6. The van der Waals surface area contributed by atoms with E-state index in [1.165, 1.54) is 5.56 Å². The minimum absolute atomic E-state index is 0. The minimum atomic E-state index is 0. The van der Waals surface area contributed by atoms with Crippen LogP contribution in [0.4, 0.5) is 11.6 Å². The van der Waals surface area contributed by atoms with Gasteiger partial charge in [-0.05, 0) is 37.7 Å². The molecule has 1 N–H and O–H groups in total. The Morgan fingerprint density at radius 3 is 2.56 bits per heavy atom. The second-order valence-corrected chi connectivity index (χ2v) is 7.95. The molecule has 0 aliphatic heterocycles. The van der Waals surface area contributed by atoms with Gasteiger partial charge in [0.2, 0.25) is 5.95 Å². The number of pyridine rings is 1. The van der Waals surface area contributed by atoms with Crippen LogP contribution in [0.3, 0.4) is 0 Å². The third-order valence-electron chi connectivity index (χ3n) is 5.14. The van der Waals surface area contributed by atoms with Crippen molar-refractivity contribution in [1.29, 1.82) is 0 Å². The average Bonchev–Trinajstić information content (AvgIpc) is 3.33. The first-order valence-corrected chi connectivity index (χ1v) is 11.0. The molecule has 5 rings (SSSR count). The van der Waals surface area contributed by atoms with Gasteiger partial charge in [0.25, 0.3) is 0 Å². The Balaban J connectivity index is 0.000000221. The zero-order valence-electron chi connectivity index (χ0n) is 20.7. The summed E-state index contributed by atoms with van der Waals surface area (Å²) in [7, 11) is 0. The van der Waals surface area contributed by atoms with Crippen LogP contribution < -0.4 is 34.9 Å². The molecule has 2 aromatic carbocycles. The van der Waals surface area contributed by atoms with Crippen molar-refractivity contribution in [2.45, 2.75) is 20.8 Å². The molecule has 36 heavy (non-hydrogen) atoms. The second-order valence-electron chi connectivity index (χ2n) is 7.95. The van der Waals surface area contributed by atoms with E-state index in [0.717, 1.165) is 33.9 Å². The first-order valence-electron chi connectivity index (χ1n) is 11.0. The van der Waals surface area contributed by atoms with Gasteiger partial charge in [-0.1, -0.05) is 18.2 Å². The number of hydrogen-bond donors (Lipinski definition) is 1. The third-order valence-corrected chi connectivity index (χ3v) is 5.14. The molecule has 0 aliphatic rings. The summed E-state index contributed by atoms with van der Waals surface area (Å²) in [5.74, 6) is 0.465. The predicted octanol–water partition coefficient (Wildman–Crippen LogP) is 2.34. The summed E-state index contributed by atoms with van der Waals surface area (Å²) in [6.07, 6.45) is 10.8. The van der Waals surface area contributed by atoms with Crippen LogP contribution in [0.25, 0.3) is 16.9 Å². The van der Waals surface area contributed by atoms with Crippen molar-refractivity contribution in [1.82, 2.24) is 24.5 Å². The van der Waals surface area contributed by atoms with Gasteiger partial charge < -0.3 is 14.7 Å². The molecule has 0 aliphatic carbocycles. The third kappa shape index (κ3) is 7.18. The van der Waals surface area contributed by atoms with Crippen LogP contribution >= 0.6 is 0 Å². The van der Waals surface area contributed by atoms with Gasteiger partial charge in [0.1, 0.15) is 0 Å². The number of rotatable bonds is 5. The van der Waals surface area contributed by atoms with E-state index in [4.69, 9.17) is 0 Å². The van der Waals surface area contributed by atoms with Crippen LogP contribution in [-0.4, -0.2) is 30.8 Å². The fourth-order valence-corrected chi connectivity index (χ4v) is 3.32. The molecule has 7 nitrogen and oxygen atoms in total. The van der Waals surface area contributed by atoms with Crippen molar-refractivity contribution in [3.63, 3.8) is 0 Å². The predicted molar refractivity (Wildman–Crippen MR) is 136 cm³/mol. The summed E-state index contributed by atoms with van der Waals surface area (Å²) >= 11 is 0. The number of nitrogens with zero attached hydrogens (tertiary/aromatic N) is 5. The largest absolute Gasteiger partial charge is 1.00 e. The second kappa shape index (κ2) is 12.9. The summed E-state index contributed by atoms with van der Waals surface area (Å²) in [4.78, 5) is 27.7. The normalized spacial score (nSPS) is 9.97. The van der Waals surface area contributed by atoms with E-state index in [1.54, 1.807) is 30.7 Å². The molecule has 3 aromatic heterocycles. The van der Waals surface area contributed by atoms with Gasteiger partial charge in [-0.25, -0.2) is 15.0 Å². The van der Waals surface area contributed by atoms with E-state index >= 15 is 0 Å². The van der Waals surface area contributed by atoms with Crippen molar-refractivity contribution in [2.75, 3.05) is 5.32 Å². The van der Waals surface area contributed by atoms with E-state index in [-0.39, 0.29) is 29.6 Å². The van der Waals surface area contributed by atoms with E-state index < -0.39 is 0 Å². The SMILES string of the molecule is Cc1c[c-]cc(-n2cnc(C)c2)c1.Cc1ccc([C-]=O)cc1Nc1nccc(-c2cccnc2)n1.[Na+]. The molecule has 0 atom stereocenters. The summed E-state index contributed by atoms with van der Waals surface area (Å²) in [6.45, 7) is 5.99. The fourth-order valence-electron chi connectivity index (χ4n) is 3.32. The van der Waals surface area contributed by atoms with Crippen LogP contribution in [-0.2, 0) is 4.79 Å². The van der Waals surface area contributed by atoms with Gasteiger partial charge in [-0.15, -0.1) is 23.8 Å². The fraction of sp³-hybridized carbons (Fsp3) is 0.107. The number of aromatic nitrogens is 5. The molecule has 174 valence electrons. The molecule has 8 heteroatoms. The Kier molecular flexibility index (Phi) is 9.64. The van der Waals surface area contributed by atoms with Crippen LogP contribution in [0.1, 0.15) is 22.4 Å². The molecular weight excluding hydrogens is 459 g/mol. The van der Waals surface area contributed by atoms with Crippen LogP contribution in [0, 0.1) is 26.8 Å². The molecule has 0 saturated carbocycles. The monoisotopic (exact) mass is 483 g/mol. The molecule has 3 heterocycles. The van der Waals surface area contributed by atoms with Crippen molar-refractivity contribution in [3.8, 4) is 16.9 Å². The Morgan fingerprint density at radius 2 is 1.86 bits per heavy atom. The number of carbonyl (C=O) groups excluding carboxylic acids is 1. The molecule has 0 fully saturated rings. The Bertz CT molecular complexity index is 1440. The van der Waals surface area contributed by atoms with Gasteiger partial charge in [0.05, 0.1) is 24.0 Å². The van der Waals surface area contributed by atoms with Gasteiger partial charge in [-0.2, -0.15) is 29.8 Å². The van der Waals surface area contributed by atoms with E-state index in [9.17, 15) is 4.79 Å². The summed E-state index contributed by atoms with van der Waals surface area (Å²) < 4.78 is 2.00. The maximum absolute atomic E-state index is 10.8. The van der Waals surface area contributed by atoms with E-state index in [1.807, 2.05) is 73.6 Å². The Hall–Kier alpha value is -3.65. The van der Waals surface area contributed by atoms with Crippen molar-refractivity contribution >= 4 is 17.9 Å². The summed E-state index contributed by atoms with van der Waals surface area (Å²) in [6, 6.07) is 20.0. The summed E-state index contributed by atoms with van der Waals surface area (Å²) in [5, 5.41) is 3.14. The Morgan fingerprint density at radius 1 is 1.00 bits per heavy atom. The van der Waals surface area contributed by atoms with Crippen molar-refractivity contribution in [2.24, 2.45) is 0 Å². The van der Waals surface area contributed by atoms with Gasteiger partial charge in [0, 0.05) is 30.4 Å². The number of anilines is 2. The van der Waals surface area contributed by atoms with Crippen molar-refractivity contribution in [3.05, 3.63) is 114 Å². The maximum Gasteiger partial charge on any atom is 1.00 e. The number of benzene rings is 2. The maximum atomic E-state index is 10.8. The zero-order valence-corrected chi connectivity index (χ0v) is 22.7. The molecule has 0 saturated heterocycles. The molecule has 0 amide bonds. The number of nitrogens with one attached hydrogen (secondary N) is 1. The standard InChI is InChI=1S/C17H13N4O.C11H11N2.Na/c1-12-4-5-13(11-22)9-16(12)21-17-19-8-6-15(20-17)14-3-2-7-18-10-14;1-9-4-3-5-11(6-9)13-7-10(2)12-8-13;/h2-10H,1H3,(H,19,20,21);4-8H,1-2H3;/q2*-1;+1. The van der Waals surface area contributed by atoms with E-state index in [0.29, 0.717) is 11.5 Å². The number of imidazole rings is 1. The average molecular weight is 484 g/mol. The molecule has 0 bridgehead atoms. The number of aryl methyl sites for hydroxylation is 3. The summed E-state index contributed by atoms with van der Waals surface area (Å²) in [5.41, 5.74) is 7.31. The van der Waals surface area contributed by atoms with Crippen LogP contribution in [0.15, 0.2) is 85.7 Å². The minimum Gasteiger partial charge on any atom is -0.376 e. The molecular formula is C28H24N6NaO-. The quantitative estimate of drug-likeness (QED) is 0.305. The first-order chi connectivity index (χ1) is 17.0. The van der Waals surface area contributed by atoms with Gasteiger partial charge >= 0.3 is 29.6 Å². The van der Waals surface area contributed by atoms with Crippen molar-refractivity contribution < 1.29 is 34.4 Å². The van der Waals surface area contributed by atoms with Crippen LogP contribution in [0.2, 0.25) is 0 Å². The van der Waals surface area contributed by atoms with Gasteiger partial charge in [0.15, 0.2) is 0 Å². The Labute approximate surface area is 233 Å². The molecule has 0 radical (unpaired) electrons. The molecule has 0 unspecified atom stereocenters. The molecule has 0 spiro atoms. The topological polar surface area (TPSA) is 85.6 Å².